The van der Waals surface area contributed by atoms with Crippen LogP contribution in [0, 0.1) is 0 Å². The topological polar surface area (TPSA) is 15.8 Å². The summed E-state index contributed by atoms with van der Waals surface area (Å²) in [5.41, 5.74) is 0. The predicted molar refractivity (Wildman–Crippen MR) is 44.6 cm³/mol. The van der Waals surface area contributed by atoms with Crippen LogP contribution in [0.4, 0.5) is 0 Å². The number of likely N-dealkylation sites (tertiary alicyclic amines) is 1. The van der Waals surface area contributed by atoms with Crippen molar-refractivity contribution in [2.45, 2.75) is 38.3 Å². The van der Waals surface area contributed by atoms with Gasteiger partial charge in [-0.2, -0.15) is 0 Å². The first kappa shape index (κ1) is 7.56. The maximum atomic E-state index is 5.34. The molecular weight excluding hydrogens is 138 g/mol. The van der Waals surface area contributed by atoms with E-state index in [4.69, 9.17) is 4.74 Å². The monoisotopic (exact) mass is 155 g/mol. The molecule has 0 aromatic carbocycles. The molecule has 0 aromatic heterocycles. The summed E-state index contributed by atoms with van der Waals surface area (Å²) in [7, 11) is 0. The molecule has 2 heterocycles. The highest BCUT2D eigenvalue weighted by Crippen LogP contribution is 2.26. The molecule has 0 radical (unpaired) electrons. The number of ether oxygens (including phenoxy) is 1. The molecule has 0 bridgehead atoms. The van der Waals surface area contributed by atoms with Gasteiger partial charge >= 0.3 is 0 Å². The first-order valence-electron chi connectivity index (χ1n) is 4.77. The van der Waals surface area contributed by atoms with Crippen LogP contribution in [0.15, 0.2) is 0 Å². The molecule has 0 aromatic rings. The second-order valence-corrected chi connectivity index (χ2v) is 3.56. The molecule has 2 saturated heterocycles. The Morgan fingerprint density at radius 2 is 2.27 bits per heavy atom. The van der Waals surface area contributed by atoms with Gasteiger partial charge in [0.1, 0.15) is 0 Å². The zero-order valence-corrected chi connectivity index (χ0v) is 7.25. The van der Waals surface area contributed by atoms with Gasteiger partial charge < -0.3 is 4.74 Å². The highest BCUT2D eigenvalue weighted by atomic mass is 16.6. The Bertz CT molecular complexity index is 134. The maximum Gasteiger partial charge on any atom is 0.0964 e. The maximum absolute atomic E-state index is 5.34. The lowest BCUT2D eigenvalue weighted by Gasteiger charge is -2.33. The van der Waals surface area contributed by atoms with Crippen molar-refractivity contribution in [2.24, 2.45) is 0 Å². The fraction of sp³-hybridized carbons (Fsp3) is 1.00. The molecule has 0 spiro atoms. The molecule has 2 unspecified atom stereocenters. The van der Waals surface area contributed by atoms with Crippen molar-refractivity contribution in [3.05, 3.63) is 0 Å². The van der Waals surface area contributed by atoms with E-state index in [1.807, 2.05) is 0 Å². The van der Waals surface area contributed by atoms with Gasteiger partial charge in [-0.25, -0.2) is 0 Å². The van der Waals surface area contributed by atoms with Gasteiger partial charge in [-0.1, -0.05) is 13.3 Å². The zero-order valence-electron chi connectivity index (χ0n) is 7.25. The predicted octanol–water partition coefficient (Wildman–Crippen LogP) is 1.26. The molecule has 0 aliphatic carbocycles. The van der Waals surface area contributed by atoms with Crippen LogP contribution in [-0.4, -0.2) is 36.7 Å². The van der Waals surface area contributed by atoms with Crippen LogP contribution >= 0.6 is 0 Å². The van der Waals surface area contributed by atoms with Crippen LogP contribution in [0.25, 0.3) is 0 Å². The van der Waals surface area contributed by atoms with Gasteiger partial charge in [-0.15, -0.1) is 0 Å². The standard InChI is InChI=1S/C9H17NO/c1-2-10-6-4-3-5-8(10)9-7-11-9/h8-9H,2-7H2,1H3. The summed E-state index contributed by atoms with van der Waals surface area (Å²) in [5.74, 6) is 0. The molecule has 2 nitrogen and oxygen atoms in total. The van der Waals surface area contributed by atoms with E-state index < -0.39 is 0 Å². The van der Waals surface area contributed by atoms with Crippen LogP contribution in [0.1, 0.15) is 26.2 Å². The summed E-state index contributed by atoms with van der Waals surface area (Å²) in [6.07, 6.45) is 4.74. The van der Waals surface area contributed by atoms with E-state index in [-0.39, 0.29) is 0 Å². The average Bonchev–Trinajstić information content (AvgIpc) is 2.87. The van der Waals surface area contributed by atoms with E-state index in [1.165, 1.54) is 32.4 Å². The summed E-state index contributed by atoms with van der Waals surface area (Å²) in [6.45, 7) is 5.76. The zero-order chi connectivity index (χ0) is 7.68. The first-order valence-corrected chi connectivity index (χ1v) is 4.77. The highest BCUT2D eigenvalue weighted by Gasteiger charge is 2.36. The van der Waals surface area contributed by atoms with Gasteiger partial charge in [0.25, 0.3) is 0 Å². The van der Waals surface area contributed by atoms with Crippen molar-refractivity contribution < 1.29 is 4.74 Å². The minimum absolute atomic E-state index is 0.593. The third-order valence-corrected chi connectivity index (χ3v) is 2.86. The van der Waals surface area contributed by atoms with Crippen molar-refractivity contribution in [3.8, 4) is 0 Å². The molecule has 2 heteroatoms. The number of rotatable bonds is 2. The van der Waals surface area contributed by atoms with Crippen LogP contribution in [0.3, 0.4) is 0 Å². The molecule has 0 N–H and O–H groups in total. The van der Waals surface area contributed by atoms with Gasteiger partial charge in [0.05, 0.1) is 12.7 Å². The van der Waals surface area contributed by atoms with Crippen molar-refractivity contribution in [3.63, 3.8) is 0 Å². The smallest absolute Gasteiger partial charge is 0.0964 e. The Hall–Kier alpha value is -0.0800. The molecule has 2 aliphatic heterocycles. The fourth-order valence-corrected chi connectivity index (χ4v) is 2.11. The molecule has 2 atom stereocenters. The van der Waals surface area contributed by atoms with Crippen LogP contribution in [-0.2, 0) is 4.74 Å². The Kier molecular flexibility index (Phi) is 2.14. The van der Waals surface area contributed by atoms with Crippen molar-refractivity contribution in [2.75, 3.05) is 19.7 Å². The van der Waals surface area contributed by atoms with E-state index >= 15 is 0 Å². The third-order valence-electron chi connectivity index (χ3n) is 2.86. The van der Waals surface area contributed by atoms with Crippen LogP contribution in [0.2, 0.25) is 0 Å². The quantitative estimate of drug-likeness (QED) is 0.558. The second kappa shape index (κ2) is 3.11. The van der Waals surface area contributed by atoms with E-state index in [1.54, 1.807) is 0 Å². The molecule has 11 heavy (non-hydrogen) atoms. The van der Waals surface area contributed by atoms with Gasteiger partial charge in [-0.05, 0) is 25.9 Å². The Labute approximate surface area is 68.5 Å². The van der Waals surface area contributed by atoms with Gasteiger partial charge in [0.2, 0.25) is 0 Å². The van der Waals surface area contributed by atoms with E-state index in [2.05, 4.69) is 11.8 Å². The summed E-state index contributed by atoms with van der Waals surface area (Å²) < 4.78 is 5.34. The second-order valence-electron chi connectivity index (χ2n) is 3.56. The van der Waals surface area contributed by atoms with Crippen molar-refractivity contribution in [1.82, 2.24) is 4.90 Å². The van der Waals surface area contributed by atoms with Crippen molar-refractivity contribution >= 4 is 0 Å². The van der Waals surface area contributed by atoms with Gasteiger partial charge in [-0.3, -0.25) is 4.90 Å². The molecule has 2 rings (SSSR count). The molecule has 64 valence electrons. The minimum Gasteiger partial charge on any atom is -0.371 e. The molecule has 0 saturated carbocycles. The van der Waals surface area contributed by atoms with Crippen molar-refractivity contribution in [1.29, 1.82) is 0 Å². The summed E-state index contributed by atoms with van der Waals surface area (Å²) in [6, 6.07) is 0.758. The highest BCUT2D eigenvalue weighted by molar-refractivity contribution is 4.88. The van der Waals surface area contributed by atoms with E-state index in [9.17, 15) is 0 Å². The molecule has 2 aliphatic rings. The summed E-state index contributed by atoms with van der Waals surface area (Å²) >= 11 is 0. The minimum atomic E-state index is 0.593. The lowest BCUT2D eigenvalue weighted by Crippen LogP contribution is -2.42. The number of hydrogen-bond acceptors (Lipinski definition) is 2. The Balaban J connectivity index is 1.91. The SMILES string of the molecule is CCN1CCCCC1C1CO1. The number of epoxide rings is 1. The van der Waals surface area contributed by atoms with Gasteiger partial charge in [0, 0.05) is 6.04 Å². The summed E-state index contributed by atoms with van der Waals surface area (Å²) in [4.78, 5) is 2.57. The molecular formula is C9H17NO. The number of hydrogen-bond donors (Lipinski definition) is 0. The number of piperidine rings is 1. The normalized spacial score (nSPS) is 39.0. The van der Waals surface area contributed by atoms with Gasteiger partial charge in [0.15, 0.2) is 0 Å². The Morgan fingerprint density at radius 3 is 2.91 bits per heavy atom. The van der Waals surface area contributed by atoms with E-state index in [0.29, 0.717) is 6.10 Å². The fourth-order valence-electron chi connectivity index (χ4n) is 2.11. The molecule has 0 amide bonds. The lowest BCUT2D eigenvalue weighted by atomic mass is 10.00. The largest absolute Gasteiger partial charge is 0.371 e. The van der Waals surface area contributed by atoms with Crippen LogP contribution in [0.5, 0.6) is 0 Å². The summed E-state index contributed by atoms with van der Waals surface area (Å²) in [5, 5.41) is 0. The first-order chi connectivity index (χ1) is 5.42. The van der Waals surface area contributed by atoms with Crippen LogP contribution < -0.4 is 0 Å². The average molecular weight is 155 g/mol. The number of nitrogens with zero attached hydrogens (tertiary/aromatic N) is 1. The molecule has 2 fully saturated rings. The Morgan fingerprint density at radius 1 is 1.45 bits per heavy atom. The third kappa shape index (κ3) is 1.57. The van der Waals surface area contributed by atoms with E-state index in [0.717, 1.165) is 12.6 Å². The number of likely N-dealkylation sites (N-methyl/N-ethyl adjacent to an activating group) is 1. The lowest BCUT2D eigenvalue weighted by molar-refractivity contribution is 0.127.